The maximum Gasteiger partial charge on any atom is 0.319 e. The first-order chi connectivity index (χ1) is 12.5. The summed E-state index contributed by atoms with van der Waals surface area (Å²) < 4.78 is 29.6. The van der Waals surface area contributed by atoms with Gasteiger partial charge in [0.05, 0.1) is 5.69 Å². The lowest BCUT2D eigenvalue weighted by molar-refractivity contribution is 0.252. The molecule has 0 atom stereocenters. The Bertz CT molecular complexity index is 822. The maximum atomic E-state index is 12.0. The molecule has 2 aromatic carbocycles. The molecule has 142 valence electrons. The predicted octanol–water partition coefficient (Wildman–Crippen LogP) is 2.87. The summed E-state index contributed by atoms with van der Waals surface area (Å²) in [4.78, 5) is 12.0. The lowest BCUT2D eigenvalue weighted by Gasteiger charge is -2.10. The Kier molecular flexibility index (Phi) is 8.17. The van der Waals surface area contributed by atoms with Crippen molar-refractivity contribution in [3.63, 3.8) is 0 Å². The molecule has 2 amide bonds. The normalized spacial score (nSPS) is 11.4. The smallest absolute Gasteiger partial charge is 0.319 e. The van der Waals surface area contributed by atoms with Crippen LogP contribution in [-0.4, -0.2) is 44.4 Å². The average Bonchev–Trinajstić information content (AvgIpc) is 2.60. The zero-order valence-corrected chi connectivity index (χ0v) is 15.9. The molecule has 0 fully saturated rings. The molecule has 0 saturated heterocycles. The van der Waals surface area contributed by atoms with Gasteiger partial charge >= 0.3 is 15.2 Å². The second-order valence-corrected chi connectivity index (χ2v) is 9.08. The summed E-state index contributed by atoms with van der Waals surface area (Å²) in [6.07, 6.45) is 1.66. The van der Waals surface area contributed by atoms with Gasteiger partial charge in [-0.3, -0.25) is 4.55 Å². The van der Waals surface area contributed by atoms with Gasteiger partial charge in [0.1, 0.15) is 0 Å². The van der Waals surface area contributed by atoms with Crippen LogP contribution in [0, 0.1) is 0 Å². The van der Waals surface area contributed by atoms with Crippen molar-refractivity contribution in [2.24, 2.45) is 0 Å². The number of benzene rings is 2. The highest BCUT2D eigenvalue weighted by Gasteiger charge is 2.05. The standard InChI is InChI=1S/C17H23N3O4S2/c21-17(19-11-4-3-10-18-12-13-25-26(22,23)24)20-16-9-5-7-14-6-1-2-8-15(14)16/h1-2,5-9,18H,3-4,10-13H2,(H2,19,20,21)(H,22,23,24). The minimum atomic E-state index is -3.95. The van der Waals surface area contributed by atoms with Gasteiger partial charge in [0.25, 0.3) is 0 Å². The highest BCUT2D eigenvalue weighted by molar-refractivity contribution is 8.69. The van der Waals surface area contributed by atoms with Crippen molar-refractivity contribution in [1.82, 2.24) is 10.6 Å². The molecule has 4 N–H and O–H groups in total. The van der Waals surface area contributed by atoms with E-state index in [0.29, 0.717) is 29.6 Å². The highest BCUT2D eigenvalue weighted by Crippen LogP contribution is 2.22. The molecule has 0 spiro atoms. The molecule has 0 aromatic heterocycles. The highest BCUT2D eigenvalue weighted by atomic mass is 33.1. The summed E-state index contributed by atoms with van der Waals surface area (Å²) in [6.45, 7) is 1.77. The second kappa shape index (κ2) is 10.4. The quantitative estimate of drug-likeness (QED) is 0.279. The Morgan fingerprint density at radius 3 is 2.54 bits per heavy atom. The Balaban J connectivity index is 1.59. The molecule has 0 saturated carbocycles. The first-order valence-electron chi connectivity index (χ1n) is 8.31. The minimum absolute atomic E-state index is 0.237. The Morgan fingerprint density at radius 2 is 1.73 bits per heavy atom. The number of urea groups is 1. The van der Waals surface area contributed by atoms with Gasteiger partial charge in [-0.2, -0.15) is 8.42 Å². The van der Waals surface area contributed by atoms with Crippen LogP contribution in [0.2, 0.25) is 0 Å². The van der Waals surface area contributed by atoms with Gasteiger partial charge in [0.2, 0.25) is 0 Å². The fourth-order valence-corrected chi connectivity index (χ4v) is 3.74. The van der Waals surface area contributed by atoms with E-state index in [1.54, 1.807) is 0 Å². The molecule has 0 bridgehead atoms. The zero-order valence-electron chi connectivity index (χ0n) is 14.3. The molecular formula is C17H23N3O4S2. The molecule has 0 aliphatic heterocycles. The fraction of sp³-hybridized carbons (Fsp3) is 0.353. The van der Waals surface area contributed by atoms with E-state index in [-0.39, 0.29) is 6.03 Å². The SMILES string of the molecule is O=C(NCCCCNCCSS(=O)(=O)O)Nc1cccc2ccccc12. The van der Waals surface area contributed by atoms with E-state index >= 15 is 0 Å². The second-order valence-electron chi connectivity index (χ2n) is 5.61. The molecule has 0 aliphatic carbocycles. The van der Waals surface area contributed by atoms with Gasteiger partial charge in [-0.25, -0.2) is 4.79 Å². The summed E-state index contributed by atoms with van der Waals surface area (Å²) in [6, 6.07) is 13.4. The third-order valence-electron chi connectivity index (χ3n) is 3.61. The van der Waals surface area contributed by atoms with Crippen molar-refractivity contribution in [3.05, 3.63) is 42.5 Å². The summed E-state index contributed by atoms with van der Waals surface area (Å²) in [5.74, 6) is 0.296. The van der Waals surface area contributed by atoms with Crippen LogP contribution < -0.4 is 16.0 Å². The molecule has 0 unspecified atom stereocenters. The molecule has 0 radical (unpaired) electrons. The van der Waals surface area contributed by atoms with Gasteiger partial charge in [-0.15, -0.1) is 0 Å². The van der Waals surface area contributed by atoms with Crippen LogP contribution in [0.3, 0.4) is 0 Å². The largest absolute Gasteiger partial charge is 0.338 e. The molecule has 0 heterocycles. The summed E-state index contributed by atoms with van der Waals surface area (Å²) in [5, 5.41) is 10.8. The van der Waals surface area contributed by atoms with Crippen molar-refractivity contribution in [3.8, 4) is 0 Å². The van der Waals surface area contributed by atoms with Crippen LogP contribution >= 0.6 is 10.8 Å². The fourth-order valence-electron chi connectivity index (χ4n) is 2.42. The van der Waals surface area contributed by atoms with Crippen molar-refractivity contribution < 1.29 is 17.8 Å². The van der Waals surface area contributed by atoms with Crippen LogP contribution in [0.1, 0.15) is 12.8 Å². The lowest BCUT2D eigenvalue weighted by atomic mass is 10.1. The molecule has 2 aromatic rings. The number of anilines is 1. The number of carbonyl (C=O) groups excluding carboxylic acids is 1. The first-order valence-corrected chi connectivity index (χ1v) is 11.2. The monoisotopic (exact) mass is 397 g/mol. The van der Waals surface area contributed by atoms with E-state index in [1.807, 2.05) is 42.5 Å². The van der Waals surface area contributed by atoms with Crippen molar-refractivity contribution in [2.75, 3.05) is 30.7 Å². The van der Waals surface area contributed by atoms with E-state index in [4.69, 9.17) is 4.55 Å². The van der Waals surface area contributed by atoms with Crippen molar-refractivity contribution in [2.45, 2.75) is 12.8 Å². The van der Waals surface area contributed by atoms with Crippen LogP contribution in [0.25, 0.3) is 10.8 Å². The maximum absolute atomic E-state index is 12.0. The average molecular weight is 398 g/mol. The predicted molar refractivity (Wildman–Crippen MR) is 107 cm³/mol. The lowest BCUT2D eigenvalue weighted by Crippen LogP contribution is -2.30. The van der Waals surface area contributed by atoms with E-state index in [0.717, 1.165) is 35.8 Å². The number of nitrogens with one attached hydrogen (secondary N) is 3. The molecule has 0 aliphatic rings. The number of amides is 2. The molecule has 26 heavy (non-hydrogen) atoms. The van der Waals surface area contributed by atoms with Gasteiger partial charge in [0.15, 0.2) is 0 Å². The number of fused-ring (bicyclic) bond motifs is 1. The van der Waals surface area contributed by atoms with Gasteiger partial charge in [0, 0.05) is 24.2 Å². The summed E-state index contributed by atoms with van der Waals surface area (Å²) in [7, 11) is -3.45. The van der Waals surface area contributed by atoms with E-state index < -0.39 is 9.15 Å². The van der Waals surface area contributed by atoms with Gasteiger partial charge in [-0.1, -0.05) is 36.4 Å². The van der Waals surface area contributed by atoms with Crippen molar-refractivity contribution in [1.29, 1.82) is 0 Å². The Labute approximate surface area is 157 Å². The Hall–Kier alpha value is -1.81. The van der Waals surface area contributed by atoms with E-state index in [9.17, 15) is 13.2 Å². The Morgan fingerprint density at radius 1 is 1.00 bits per heavy atom. The number of unbranched alkanes of at least 4 members (excludes halogenated alkanes) is 1. The van der Waals surface area contributed by atoms with E-state index in [2.05, 4.69) is 16.0 Å². The zero-order chi connectivity index (χ0) is 18.8. The van der Waals surface area contributed by atoms with Crippen LogP contribution in [0.4, 0.5) is 10.5 Å². The molecule has 7 nitrogen and oxygen atoms in total. The molecular weight excluding hydrogens is 374 g/mol. The number of hydrogen-bond acceptors (Lipinski definition) is 5. The van der Waals surface area contributed by atoms with Gasteiger partial charge in [-0.05, 0) is 41.6 Å². The topological polar surface area (TPSA) is 108 Å². The van der Waals surface area contributed by atoms with Crippen LogP contribution in [0.5, 0.6) is 0 Å². The molecule has 2 rings (SSSR count). The van der Waals surface area contributed by atoms with Crippen LogP contribution in [0.15, 0.2) is 42.5 Å². The summed E-state index contributed by atoms with van der Waals surface area (Å²) in [5.41, 5.74) is 0.776. The summed E-state index contributed by atoms with van der Waals surface area (Å²) >= 11 is 0. The number of rotatable bonds is 10. The third kappa shape index (κ3) is 7.61. The number of carbonyl (C=O) groups is 1. The van der Waals surface area contributed by atoms with E-state index in [1.165, 1.54) is 0 Å². The minimum Gasteiger partial charge on any atom is -0.338 e. The molecule has 9 heteroatoms. The van der Waals surface area contributed by atoms with Gasteiger partial charge < -0.3 is 16.0 Å². The van der Waals surface area contributed by atoms with Crippen molar-refractivity contribution >= 4 is 42.4 Å². The van der Waals surface area contributed by atoms with Crippen LogP contribution in [-0.2, 0) is 9.15 Å². The third-order valence-corrected chi connectivity index (χ3v) is 5.68. The number of hydrogen-bond donors (Lipinski definition) is 4. The first kappa shape index (κ1) is 20.5.